The first-order chi connectivity index (χ1) is 13.4. The van der Waals surface area contributed by atoms with E-state index in [1.807, 2.05) is 48.5 Å². The minimum atomic E-state index is -4.94. The van der Waals surface area contributed by atoms with Gasteiger partial charge in [0.25, 0.3) is 0 Å². The molecule has 1 N–H and O–H groups in total. The summed E-state index contributed by atoms with van der Waals surface area (Å²) in [5.41, 5.74) is 1.71. The molecular formula is C20H21Cl2NO6. The number of ether oxygens (including phenoxy) is 1. The van der Waals surface area contributed by atoms with Crippen LogP contribution in [0.3, 0.4) is 0 Å². The van der Waals surface area contributed by atoms with Crippen LogP contribution in [0.2, 0.25) is 5.02 Å². The van der Waals surface area contributed by atoms with Crippen LogP contribution in [0.1, 0.15) is 20.8 Å². The molecule has 1 aromatic heterocycles. The summed E-state index contributed by atoms with van der Waals surface area (Å²) in [7, 11) is -3.29. The third kappa shape index (κ3) is 7.66. The maximum absolute atomic E-state index is 8.49. The Kier molecular flexibility index (Phi) is 7.29. The van der Waals surface area contributed by atoms with Gasteiger partial charge in [-0.1, -0.05) is 11.6 Å². The first kappa shape index (κ1) is 23.2. The molecule has 0 fully saturated rings. The Morgan fingerprint density at radius 2 is 1.55 bits per heavy atom. The van der Waals surface area contributed by atoms with Crippen LogP contribution in [0.15, 0.2) is 52.9 Å². The number of benzene rings is 2. The van der Waals surface area contributed by atoms with Gasteiger partial charge >= 0.3 is 0 Å². The van der Waals surface area contributed by atoms with E-state index in [1.165, 1.54) is 0 Å². The Bertz CT molecular complexity index is 1030. The van der Waals surface area contributed by atoms with Crippen LogP contribution in [-0.2, 0) is 0 Å². The molecule has 0 saturated heterocycles. The van der Waals surface area contributed by atoms with Crippen LogP contribution in [0.4, 0.5) is 0 Å². The minimum Gasteiger partial charge on any atom is -0.497 e. The summed E-state index contributed by atoms with van der Waals surface area (Å²) in [4.78, 5) is 3.54. The van der Waals surface area contributed by atoms with E-state index in [0.717, 1.165) is 33.4 Å². The van der Waals surface area contributed by atoms with Crippen molar-refractivity contribution in [1.82, 2.24) is 0 Å². The topological polar surface area (TPSA) is 129 Å². The molecule has 0 aliphatic rings. The van der Waals surface area contributed by atoms with E-state index in [4.69, 9.17) is 39.4 Å². The van der Waals surface area contributed by atoms with Crippen LogP contribution in [0, 0.1) is 10.2 Å². The molecule has 0 bridgehead atoms. The highest BCUT2D eigenvalue weighted by molar-refractivity contribution is 6.31. The zero-order valence-electron chi connectivity index (χ0n) is 16.3. The summed E-state index contributed by atoms with van der Waals surface area (Å²) < 4.78 is 45.3. The molecule has 0 saturated carbocycles. The highest BCUT2D eigenvalue weighted by Gasteiger charge is 2.16. The summed E-state index contributed by atoms with van der Waals surface area (Å²) in [5.74, 6) is 1.61. The second-order valence-electron chi connectivity index (χ2n) is 7.15. The number of rotatable bonds is 2. The Morgan fingerprint density at radius 1 is 0.966 bits per heavy atom. The maximum Gasteiger partial charge on any atom is 0.213 e. The summed E-state index contributed by atoms with van der Waals surface area (Å²) in [5, 5.41) is 2.65. The first-order valence-corrected chi connectivity index (χ1v) is 10.1. The summed E-state index contributed by atoms with van der Waals surface area (Å²) in [6.45, 7) is 6.38. The first-order valence-electron chi connectivity index (χ1n) is 8.46. The molecule has 29 heavy (non-hydrogen) atoms. The molecule has 0 atom stereocenters. The number of nitrogens with one attached hydrogen (secondary N) is 1. The van der Waals surface area contributed by atoms with Crippen LogP contribution < -0.4 is 33.7 Å². The van der Waals surface area contributed by atoms with Gasteiger partial charge < -0.3 is 9.15 Å². The Balaban J connectivity index is 0.000000537. The van der Waals surface area contributed by atoms with Crippen molar-refractivity contribution in [2.45, 2.75) is 26.3 Å². The van der Waals surface area contributed by atoms with Gasteiger partial charge in [-0.2, -0.15) is 0 Å². The molecule has 0 aliphatic heterocycles. The molecule has 9 heteroatoms. The van der Waals surface area contributed by atoms with Crippen molar-refractivity contribution < 1.29 is 43.0 Å². The second kappa shape index (κ2) is 9.13. The lowest BCUT2D eigenvalue weighted by atomic mass is 10.1. The van der Waals surface area contributed by atoms with Gasteiger partial charge in [0.05, 0.1) is 18.6 Å². The van der Waals surface area contributed by atoms with E-state index < -0.39 is 10.2 Å². The summed E-state index contributed by atoms with van der Waals surface area (Å²) in [6.07, 6.45) is 0. The molecule has 7 nitrogen and oxygen atoms in total. The highest BCUT2D eigenvalue weighted by Crippen LogP contribution is 2.25. The van der Waals surface area contributed by atoms with Gasteiger partial charge in [-0.25, -0.2) is 23.6 Å². The predicted molar refractivity (Wildman–Crippen MR) is 97.1 cm³/mol. The van der Waals surface area contributed by atoms with E-state index >= 15 is 0 Å². The summed E-state index contributed by atoms with van der Waals surface area (Å²) in [6, 6.07) is 15.5. The molecule has 0 radical (unpaired) electrons. The Hall–Kier alpha value is -2.13. The fraction of sp³-hybridized carbons (Fsp3) is 0.250. The lowest BCUT2D eigenvalue weighted by molar-refractivity contribution is -2.00. The van der Waals surface area contributed by atoms with E-state index in [-0.39, 0.29) is 5.54 Å². The largest absolute Gasteiger partial charge is 0.497 e. The molecule has 3 rings (SSSR count). The normalized spacial score (nSPS) is 12.5. The third-order valence-corrected chi connectivity index (χ3v) is 3.85. The lowest BCUT2D eigenvalue weighted by Crippen LogP contribution is -2.87. The number of fused-ring (bicyclic) bond motifs is 1. The van der Waals surface area contributed by atoms with Crippen LogP contribution in [0.5, 0.6) is 5.75 Å². The highest BCUT2D eigenvalue weighted by atomic mass is 35.7. The number of hydrogen-bond acceptors (Lipinski definition) is 6. The fourth-order valence-electron chi connectivity index (χ4n) is 2.56. The number of hydrogen-bond donors (Lipinski definition) is 1. The van der Waals surface area contributed by atoms with Gasteiger partial charge in [0.2, 0.25) is 5.36 Å². The van der Waals surface area contributed by atoms with Crippen LogP contribution in [0.25, 0.3) is 22.3 Å². The molecule has 2 aromatic carbocycles. The molecule has 0 aliphatic carbocycles. The van der Waals surface area contributed by atoms with Crippen molar-refractivity contribution in [3.63, 3.8) is 0 Å². The number of methoxy groups -OCH3 is 1. The zero-order chi connectivity index (χ0) is 21.8. The number of halogens is 2. The smallest absolute Gasteiger partial charge is 0.213 e. The van der Waals surface area contributed by atoms with E-state index in [9.17, 15) is 0 Å². The molecular weight excluding hydrogens is 421 g/mol. The second-order valence-corrected chi connectivity index (χ2v) is 8.34. The standard InChI is InChI=1S/C20H20ClNO2.ClHO4/c1-20(2,3)22-17-12-19(13-5-8-15(23-4)9-6-13)24-18-10-7-14(21)11-16(17)18;2-1(3,4)5/h5-12H,1-4H3;(H,2,3,4,5). The fourth-order valence-corrected chi connectivity index (χ4v) is 2.74. The van der Waals surface area contributed by atoms with Gasteiger partial charge in [-0.3, -0.25) is 0 Å². The molecule has 156 valence electrons. The van der Waals surface area contributed by atoms with E-state index in [2.05, 4.69) is 25.8 Å². The molecule has 1 heterocycles. The average molecular weight is 442 g/mol. The van der Waals surface area contributed by atoms with Crippen molar-refractivity contribution in [2.24, 2.45) is 0 Å². The minimum absolute atomic E-state index is 0.0756. The lowest BCUT2D eigenvalue weighted by Gasteiger charge is -2.17. The molecule has 0 spiro atoms. The van der Waals surface area contributed by atoms with Crippen molar-refractivity contribution >= 4 is 22.6 Å². The molecule has 3 aromatic rings. The maximum atomic E-state index is 8.49. The van der Waals surface area contributed by atoms with Crippen LogP contribution in [-0.4, -0.2) is 12.6 Å². The molecule has 0 unspecified atom stereocenters. The van der Waals surface area contributed by atoms with Crippen molar-refractivity contribution in [3.05, 3.63) is 58.9 Å². The third-order valence-electron chi connectivity index (χ3n) is 3.61. The van der Waals surface area contributed by atoms with Gasteiger partial charge in [-0.15, -0.1) is 10.2 Å². The molecule has 0 amide bonds. The van der Waals surface area contributed by atoms with Crippen molar-refractivity contribution in [2.75, 3.05) is 7.11 Å². The Labute approximate surface area is 175 Å². The van der Waals surface area contributed by atoms with E-state index in [1.54, 1.807) is 7.11 Å². The quantitative estimate of drug-likeness (QED) is 0.530. The monoisotopic (exact) mass is 441 g/mol. The zero-order valence-corrected chi connectivity index (χ0v) is 17.8. The van der Waals surface area contributed by atoms with Crippen LogP contribution >= 0.6 is 11.6 Å². The Morgan fingerprint density at radius 3 is 2.07 bits per heavy atom. The van der Waals surface area contributed by atoms with Gasteiger partial charge in [0.1, 0.15) is 17.1 Å². The van der Waals surface area contributed by atoms with Crippen molar-refractivity contribution in [1.29, 1.82) is 0 Å². The average Bonchev–Trinajstić information content (AvgIpc) is 2.59. The van der Waals surface area contributed by atoms with E-state index in [0.29, 0.717) is 5.02 Å². The van der Waals surface area contributed by atoms with Gasteiger partial charge in [-0.05, 0) is 63.2 Å². The summed E-state index contributed by atoms with van der Waals surface area (Å²) >= 11 is 6.17. The van der Waals surface area contributed by atoms with Gasteiger partial charge in [0.15, 0.2) is 5.54 Å². The SMILES string of the molecule is COc1ccc(-c2cc(=[NH+]C(C)(C)C)c3cc(Cl)ccc3o2)cc1.[O-][Cl+3]([O-])([O-])[O-]. The van der Waals surface area contributed by atoms with Crippen molar-refractivity contribution in [3.8, 4) is 17.1 Å². The van der Waals surface area contributed by atoms with Gasteiger partial charge in [0, 0.05) is 10.6 Å². The predicted octanol–water partition coefficient (Wildman–Crippen LogP) is -1.21.